The van der Waals surface area contributed by atoms with Gasteiger partial charge in [-0.3, -0.25) is 4.90 Å². The summed E-state index contributed by atoms with van der Waals surface area (Å²) in [4.78, 5) is 6.47. The van der Waals surface area contributed by atoms with Crippen LogP contribution in [0.5, 0.6) is 5.75 Å². The van der Waals surface area contributed by atoms with Crippen LogP contribution in [0.15, 0.2) is 28.8 Å². The summed E-state index contributed by atoms with van der Waals surface area (Å²) in [5, 5.41) is 3.87. The molecule has 1 aliphatic rings. The molecule has 1 saturated heterocycles. The summed E-state index contributed by atoms with van der Waals surface area (Å²) in [5.41, 5.74) is 0. The van der Waals surface area contributed by atoms with Gasteiger partial charge in [0.05, 0.1) is 19.8 Å². The van der Waals surface area contributed by atoms with Crippen molar-refractivity contribution in [3.8, 4) is 5.75 Å². The van der Waals surface area contributed by atoms with E-state index in [1.165, 1.54) is 12.1 Å². The summed E-state index contributed by atoms with van der Waals surface area (Å²) in [6.45, 7) is 4.00. The van der Waals surface area contributed by atoms with E-state index in [4.69, 9.17) is 14.0 Å². The van der Waals surface area contributed by atoms with Crippen LogP contribution in [0.1, 0.15) is 11.7 Å². The molecule has 1 fully saturated rings. The van der Waals surface area contributed by atoms with E-state index in [0.29, 0.717) is 24.0 Å². The minimum absolute atomic E-state index is 0.193. The zero-order chi connectivity index (χ0) is 14.5. The number of benzene rings is 1. The van der Waals surface area contributed by atoms with Crippen LogP contribution < -0.4 is 4.74 Å². The van der Waals surface area contributed by atoms with Crippen molar-refractivity contribution < 1.29 is 18.4 Å². The Bertz CT molecular complexity index is 567. The highest BCUT2D eigenvalue weighted by Gasteiger charge is 2.15. The molecule has 0 spiro atoms. The summed E-state index contributed by atoms with van der Waals surface area (Å²) < 4.78 is 28.7. The van der Waals surface area contributed by atoms with Crippen LogP contribution >= 0.6 is 0 Å². The van der Waals surface area contributed by atoms with E-state index in [9.17, 15) is 4.39 Å². The van der Waals surface area contributed by atoms with Crippen LogP contribution in [0.3, 0.4) is 0 Å². The van der Waals surface area contributed by atoms with Crippen molar-refractivity contribution in [1.82, 2.24) is 15.0 Å². The molecule has 3 rings (SSSR count). The van der Waals surface area contributed by atoms with Gasteiger partial charge in [0.2, 0.25) is 11.7 Å². The molecule has 0 amide bonds. The minimum Gasteiger partial charge on any atom is -0.485 e. The molecule has 1 aromatic heterocycles. The number of morpholine rings is 1. The smallest absolute Gasteiger partial charge is 0.240 e. The molecule has 7 heteroatoms. The van der Waals surface area contributed by atoms with Crippen LogP contribution in [0.2, 0.25) is 0 Å². The van der Waals surface area contributed by atoms with Crippen LogP contribution in [0.4, 0.5) is 4.39 Å². The molecule has 1 aliphatic heterocycles. The lowest BCUT2D eigenvalue weighted by molar-refractivity contribution is 0.0297. The van der Waals surface area contributed by atoms with Gasteiger partial charge in [0.25, 0.3) is 0 Å². The number of hydrogen-bond acceptors (Lipinski definition) is 6. The van der Waals surface area contributed by atoms with E-state index < -0.39 is 0 Å². The molecule has 0 radical (unpaired) electrons. The highest BCUT2D eigenvalue weighted by atomic mass is 19.1. The third-order valence-corrected chi connectivity index (χ3v) is 3.15. The van der Waals surface area contributed by atoms with Gasteiger partial charge in [-0.25, -0.2) is 4.39 Å². The van der Waals surface area contributed by atoms with Crippen LogP contribution in [0, 0.1) is 5.82 Å². The molecular weight excluding hydrogens is 277 g/mol. The number of rotatable bonds is 5. The van der Waals surface area contributed by atoms with Gasteiger partial charge in [-0.15, -0.1) is 0 Å². The Balaban J connectivity index is 1.51. The normalized spacial score (nSPS) is 16.0. The van der Waals surface area contributed by atoms with Crippen molar-refractivity contribution >= 4 is 0 Å². The fourth-order valence-electron chi connectivity index (χ4n) is 2.04. The summed E-state index contributed by atoms with van der Waals surface area (Å²) in [6.07, 6.45) is 0. The summed E-state index contributed by atoms with van der Waals surface area (Å²) >= 11 is 0. The Kier molecular flexibility index (Phi) is 4.42. The molecule has 0 saturated carbocycles. The number of aromatic nitrogens is 2. The van der Waals surface area contributed by atoms with Crippen LogP contribution in [0.25, 0.3) is 0 Å². The molecule has 6 nitrogen and oxygen atoms in total. The maximum absolute atomic E-state index is 12.8. The lowest BCUT2D eigenvalue weighted by atomic mass is 10.3. The number of nitrogens with zero attached hydrogens (tertiary/aromatic N) is 3. The average Bonchev–Trinajstić information content (AvgIpc) is 2.95. The van der Waals surface area contributed by atoms with E-state index >= 15 is 0 Å². The first-order chi connectivity index (χ1) is 10.3. The molecule has 112 valence electrons. The van der Waals surface area contributed by atoms with Crippen molar-refractivity contribution in [2.45, 2.75) is 13.2 Å². The Morgan fingerprint density at radius 1 is 1.19 bits per heavy atom. The van der Waals surface area contributed by atoms with E-state index in [1.54, 1.807) is 12.1 Å². The van der Waals surface area contributed by atoms with Gasteiger partial charge in [0, 0.05) is 13.1 Å². The summed E-state index contributed by atoms with van der Waals surface area (Å²) in [5.74, 6) is 1.31. The molecule has 0 unspecified atom stereocenters. The first kappa shape index (κ1) is 14.0. The fraction of sp³-hybridized carbons (Fsp3) is 0.429. The first-order valence-corrected chi connectivity index (χ1v) is 6.79. The monoisotopic (exact) mass is 293 g/mol. The predicted octanol–water partition coefficient (Wildman–Crippen LogP) is 1.62. The maximum Gasteiger partial charge on any atom is 0.240 e. The van der Waals surface area contributed by atoms with E-state index in [-0.39, 0.29) is 12.4 Å². The summed E-state index contributed by atoms with van der Waals surface area (Å²) in [7, 11) is 0. The lowest BCUT2D eigenvalue weighted by Gasteiger charge is -2.24. The van der Waals surface area contributed by atoms with Crippen LogP contribution in [-0.2, 0) is 17.9 Å². The van der Waals surface area contributed by atoms with Gasteiger partial charge in [0.15, 0.2) is 6.61 Å². The standard InChI is InChI=1S/C14H16FN3O3/c15-11-1-3-12(4-2-11)20-10-13-16-14(21-17-13)9-18-5-7-19-8-6-18/h1-4H,5-10H2. The van der Waals surface area contributed by atoms with Gasteiger partial charge in [-0.1, -0.05) is 5.16 Å². The van der Waals surface area contributed by atoms with Crippen molar-refractivity contribution in [2.75, 3.05) is 26.3 Å². The Hall–Kier alpha value is -1.99. The fourth-order valence-corrected chi connectivity index (χ4v) is 2.04. The van der Waals surface area contributed by atoms with E-state index in [1.807, 2.05) is 0 Å². The van der Waals surface area contributed by atoms with E-state index in [2.05, 4.69) is 15.0 Å². The highest BCUT2D eigenvalue weighted by molar-refractivity contribution is 5.22. The highest BCUT2D eigenvalue weighted by Crippen LogP contribution is 2.13. The first-order valence-electron chi connectivity index (χ1n) is 6.79. The maximum atomic E-state index is 12.8. The number of ether oxygens (including phenoxy) is 2. The number of halogens is 1. The van der Waals surface area contributed by atoms with Gasteiger partial charge in [0.1, 0.15) is 11.6 Å². The average molecular weight is 293 g/mol. The summed E-state index contributed by atoms with van der Waals surface area (Å²) in [6, 6.07) is 5.80. The molecule has 21 heavy (non-hydrogen) atoms. The largest absolute Gasteiger partial charge is 0.485 e. The Labute approximate surface area is 121 Å². The van der Waals surface area contributed by atoms with Crippen molar-refractivity contribution in [3.63, 3.8) is 0 Å². The van der Waals surface area contributed by atoms with Gasteiger partial charge in [-0.2, -0.15) is 4.98 Å². The second kappa shape index (κ2) is 6.64. The van der Waals surface area contributed by atoms with E-state index in [0.717, 1.165) is 26.3 Å². The molecule has 2 aromatic rings. The third-order valence-electron chi connectivity index (χ3n) is 3.15. The molecule has 0 bridgehead atoms. The molecule has 0 N–H and O–H groups in total. The van der Waals surface area contributed by atoms with Crippen LogP contribution in [-0.4, -0.2) is 41.3 Å². The molecule has 0 atom stereocenters. The zero-order valence-corrected chi connectivity index (χ0v) is 11.5. The second-order valence-electron chi connectivity index (χ2n) is 4.74. The van der Waals surface area contributed by atoms with Gasteiger partial charge in [-0.05, 0) is 24.3 Å². The molecule has 0 aliphatic carbocycles. The Morgan fingerprint density at radius 3 is 2.71 bits per heavy atom. The SMILES string of the molecule is Fc1ccc(OCc2noc(CN3CCOCC3)n2)cc1. The molecule has 1 aromatic carbocycles. The topological polar surface area (TPSA) is 60.6 Å². The zero-order valence-electron chi connectivity index (χ0n) is 11.5. The quantitative estimate of drug-likeness (QED) is 0.835. The third kappa shape index (κ3) is 3.99. The van der Waals surface area contributed by atoms with Crippen molar-refractivity contribution in [3.05, 3.63) is 41.8 Å². The lowest BCUT2D eigenvalue weighted by Crippen LogP contribution is -2.35. The number of hydrogen-bond donors (Lipinski definition) is 0. The Morgan fingerprint density at radius 2 is 1.95 bits per heavy atom. The van der Waals surface area contributed by atoms with Crippen molar-refractivity contribution in [2.24, 2.45) is 0 Å². The van der Waals surface area contributed by atoms with Crippen molar-refractivity contribution in [1.29, 1.82) is 0 Å². The molecular formula is C14H16FN3O3. The predicted molar refractivity (Wildman–Crippen MR) is 71.1 cm³/mol. The van der Waals surface area contributed by atoms with Gasteiger partial charge < -0.3 is 14.0 Å². The molecule has 2 heterocycles. The minimum atomic E-state index is -0.297. The van der Waals surface area contributed by atoms with Gasteiger partial charge >= 0.3 is 0 Å². The second-order valence-corrected chi connectivity index (χ2v) is 4.74.